The lowest BCUT2D eigenvalue weighted by Crippen LogP contribution is -2.11. The predicted octanol–water partition coefficient (Wildman–Crippen LogP) is 3.34. The minimum absolute atomic E-state index is 0.866. The van der Waals surface area contributed by atoms with Gasteiger partial charge in [0, 0.05) is 24.2 Å². The van der Waals surface area contributed by atoms with Crippen LogP contribution in [0.4, 0.5) is 10.8 Å². The van der Waals surface area contributed by atoms with Gasteiger partial charge < -0.3 is 15.0 Å². The molecule has 0 fully saturated rings. The lowest BCUT2D eigenvalue weighted by atomic mass is 10.3. The molecule has 1 N–H and O–H groups in total. The molecule has 1 heterocycles. The molecule has 0 amide bonds. The van der Waals surface area contributed by atoms with Crippen molar-refractivity contribution in [3.05, 3.63) is 34.8 Å². The normalized spacial score (nSPS) is 10.6. The Labute approximate surface area is 124 Å². The number of nitrogens with one attached hydrogen (secondary N) is 1. The topological polar surface area (TPSA) is 37.4 Å². The Morgan fingerprint density at radius 2 is 2.00 bits per heavy atom. The van der Waals surface area contributed by atoms with Crippen LogP contribution in [0.5, 0.6) is 5.75 Å². The second-order valence-electron chi connectivity index (χ2n) is 4.54. The Morgan fingerprint density at radius 3 is 2.60 bits per heavy atom. The molecule has 0 aliphatic rings. The molecule has 0 unspecified atom stereocenters. The first-order valence-electron chi connectivity index (χ1n) is 6.70. The number of aryl methyl sites for hydroxylation is 1. The second-order valence-corrected chi connectivity index (χ2v) is 5.60. The quantitative estimate of drug-likeness (QED) is 0.886. The van der Waals surface area contributed by atoms with E-state index in [1.54, 1.807) is 18.4 Å². The number of hydrogen-bond acceptors (Lipinski definition) is 5. The molecule has 0 saturated heterocycles. The Bertz CT molecular complexity index is 551. The molecule has 1 aromatic heterocycles. The van der Waals surface area contributed by atoms with Gasteiger partial charge in [-0.2, -0.15) is 0 Å². The number of thiazole rings is 1. The number of hydrogen-bond donors (Lipinski definition) is 1. The molecule has 4 nitrogen and oxygen atoms in total. The fourth-order valence-electron chi connectivity index (χ4n) is 1.87. The van der Waals surface area contributed by atoms with Crippen molar-refractivity contribution in [1.82, 2.24) is 10.3 Å². The molecule has 0 saturated carbocycles. The van der Waals surface area contributed by atoms with Crippen molar-refractivity contribution in [2.75, 3.05) is 25.6 Å². The van der Waals surface area contributed by atoms with Crippen LogP contribution in [0, 0.1) is 6.92 Å². The molecular formula is C15H21N3OS. The average Bonchev–Trinajstić information content (AvgIpc) is 2.85. The Morgan fingerprint density at radius 1 is 1.30 bits per heavy atom. The minimum atomic E-state index is 0.866. The molecule has 108 valence electrons. The van der Waals surface area contributed by atoms with Gasteiger partial charge in [0.2, 0.25) is 0 Å². The van der Waals surface area contributed by atoms with E-state index in [1.165, 1.54) is 4.88 Å². The molecular weight excluding hydrogens is 270 g/mol. The first kappa shape index (κ1) is 14.8. The molecule has 2 aromatic rings. The van der Waals surface area contributed by atoms with Crippen LogP contribution in [0.3, 0.4) is 0 Å². The maximum absolute atomic E-state index is 5.18. The summed E-state index contributed by atoms with van der Waals surface area (Å²) in [7, 11) is 3.72. The van der Waals surface area contributed by atoms with Gasteiger partial charge in [-0.3, -0.25) is 0 Å². The molecule has 0 radical (unpaired) electrons. The fraction of sp³-hybridized carbons (Fsp3) is 0.400. The van der Waals surface area contributed by atoms with Gasteiger partial charge in [0.1, 0.15) is 5.75 Å². The third-order valence-corrected chi connectivity index (χ3v) is 4.40. The van der Waals surface area contributed by atoms with Crippen LogP contribution >= 0.6 is 11.3 Å². The molecule has 0 spiro atoms. The van der Waals surface area contributed by atoms with Gasteiger partial charge in [-0.1, -0.05) is 18.3 Å². The van der Waals surface area contributed by atoms with E-state index < -0.39 is 0 Å². The van der Waals surface area contributed by atoms with Crippen molar-refractivity contribution in [1.29, 1.82) is 0 Å². The van der Waals surface area contributed by atoms with E-state index in [0.717, 1.165) is 35.4 Å². The molecule has 0 atom stereocenters. The molecule has 0 bridgehead atoms. The van der Waals surface area contributed by atoms with Gasteiger partial charge in [0.05, 0.1) is 12.8 Å². The highest BCUT2D eigenvalue weighted by Crippen LogP contribution is 2.31. The van der Waals surface area contributed by atoms with E-state index >= 15 is 0 Å². The number of benzene rings is 1. The van der Waals surface area contributed by atoms with E-state index in [4.69, 9.17) is 4.74 Å². The zero-order valence-electron chi connectivity index (χ0n) is 12.4. The van der Waals surface area contributed by atoms with E-state index in [0.29, 0.717) is 0 Å². The van der Waals surface area contributed by atoms with Gasteiger partial charge in [-0.05, 0) is 37.7 Å². The van der Waals surface area contributed by atoms with Crippen LogP contribution in [-0.2, 0) is 6.54 Å². The van der Waals surface area contributed by atoms with Crippen LogP contribution in [0.15, 0.2) is 24.3 Å². The van der Waals surface area contributed by atoms with Gasteiger partial charge in [0.15, 0.2) is 5.13 Å². The van der Waals surface area contributed by atoms with Gasteiger partial charge in [-0.25, -0.2) is 4.98 Å². The molecule has 5 heteroatoms. The van der Waals surface area contributed by atoms with Crippen molar-refractivity contribution < 1.29 is 4.74 Å². The van der Waals surface area contributed by atoms with Crippen LogP contribution in [0.25, 0.3) is 0 Å². The Kier molecular flexibility index (Phi) is 4.98. The molecule has 1 aromatic carbocycles. The highest BCUT2D eigenvalue weighted by molar-refractivity contribution is 7.15. The fourth-order valence-corrected chi connectivity index (χ4v) is 2.89. The summed E-state index contributed by atoms with van der Waals surface area (Å²) in [4.78, 5) is 8.05. The van der Waals surface area contributed by atoms with Crippen LogP contribution in [-0.4, -0.2) is 25.7 Å². The number of aromatic nitrogens is 1. The summed E-state index contributed by atoms with van der Waals surface area (Å²) in [6, 6.07) is 8.01. The zero-order chi connectivity index (χ0) is 14.5. The number of ether oxygens (including phenoxy) is 1. The lowest BCUT2D eigenvalue weighted by molar-refractivity contribution is 0.415. The standard InChI is InChI=1S/C15H21N3OS/c1-5-16-10-14-11(2)17-15(20-14)18(3)12-6-8-13(19-4)9-7-12/h6-9,16H,5,10H2,1-4H3. The Balaban J connectivity index is 2.17. The summed E-state index contributed by atoms with van der Waals surface area (Å²) in [6.07, 6.45) is 0. The maximum Gasteiger partial charge on any atom is 0.190 e. The zero-order valence-corrected chi connectivity index (χ0v) is 13.3. The average molecular weight is 291 g/mol. The van der Waals surface area contributed by atoms with Gasteiger partial charge in [0.25, 0.3) is 0 Å². The summed E-state index contributed by atoms with van der Waals surface area (Å²) >= 11 is 1.73. The first-order valence-corrected chi connectivity index (χ1v) is 7.52. The minimum Gasteiger partial charge on any atom is -0.497 e. The van der Waals surface area contributed by atoms with Crippen molar-refractivity contribution in [2.45, 2.75) is 20.4 Å². The van der Waals surface area contributed by atoms with Gasteiger partial charge in [-0.15, -0.1) is 0 Å². The summed E-state index contributed by atoms with van der Waals surface area (Å²) in [5, 5.41) is 4.36. The van der Waals surface area contributed by atoms with E-state index in [9.17, 15) is 0 Å². The van der Waals surface area contributed by atoms with E-state index in [2.05, 4.69) is 29.0 Å². The van der Waals surface area contributed by atoms with Gasteiger partial charge >= 0.3 is 0 Å². The summed E-state index contributed by atoms with van der Waals surface area (Å²) in [5.74, 6) is 0.866. The Hall–Kier alpha value is -1.59. The molecule has 20 heavy (non-hydrogen) atoms. The largest absolute Gasteiger partial charge is 0.497 e. The molecule has 0 aliphatic carbocycles. The second kappa shape index (κ2) is 6.72. The summed E-state index contributed by atoms with van der Waals surface area (Å²) in [5.41, 5.74) is 2.21. The summed E-state index contributed by atoms with van der Waals surface area (Å²) in [6.45, 7) is 6.03. The van der Waals surface area contributed by atoms with E-state index in [1.807, 2.05) is 31.3 Å². The number of nitrogens with zero attached hydrogens (tertiary/aromatic N) is 2. The number of methoxy groups -OCH3 is 1. The highest BCUT2D eigenvalue weighted by Gasteiger charge is 2.12. The predicted molar refractivity (Wildman–Crippen MR) is 85.3 cm³/mol. The number of rotatable bonds is 6. The third-order valence-electron chi connectivity index (χ3n) is 3.16. The molecule has 0 aliphatic heterocycles. The highest BCUT2D eigenvalue weighted by atomic mass is 32.1. The van der Waals surface area contributed by atoms with Crippen molar-refractivity contribution in [3.8, 4) is 5.75 Å². The lowest BCUT2D eigenvalue weighted by Gasteiger charge is -2.16. The van der Waals surface area contributed by atoms with E-state index in [-0.39, 0.29) is 0 Å². The molecule has 2 rings (SSSR count). The smallest absolute Gasteiger partial charge is 0.190 e. The monoisotopic (exact) mass is 291 g/mol. The summed E-state index contributed by atoms with van der Waals surface area (Å²) < 4.78 is 5.18. The number of anilines is 2. The maximum atomic E-state index is 5.18. The van der Waals surface area contributed by atoms with Crippen LogP contribution in [0.2, 0.25) is 0 Å². The van der Waals surface area contributed by atoms with Crippen molar-refractivity contribution in [2.24, 2.45) is 0 Å². The van der Waals surface area contributed by atoms with Crippen molar-refractivity contribution >= 4 is 22.2 Å². The third kappa shape index (κ3) is 3.29. The first-order chi connectivity index (χ1) is 9.65. The SMILES string of the molecule is CCNCc1sc(N(C)c2ccc(OC)cc2)nc1C. The van der Waals surface area contributed by atoms with Crippen molar-refractivity contribution in [3.63, 3.8) is 0 Å². The van der Waals surface area contributed by atoms with Crippen LogP contribution < -0.4 is 15.0 Å². The van der Waals surface area contributed by atoms with Crippen LogP contribution in [0.1, 0.15) is 17.5 Å².